The third-order valence-corrected chi connectivity index (χ3v) is 7.59. The maximum Gasteiger partial charge on any atom is 0.0873 e. The Morgan fingerprint density at radius 1 is 1.32 bits per heavy atom. The van der Waals surface area contributed by atoms with Crippen LogP contribution >= 0.6 is 0 Å². The van der Waals surface area contributed by atoms with Crippen molar-refractivity contribution in [3.05, 3.63) is 48.2 Å². The molecule has 2 fully saturated rings. The average molecular weight is 338 g/mol. The van der Waals surface area contributed by atoms with E-state index in [2.05, 4.69) is 48.9 Å². The minimum absolute atomic E-state index is 0.0282. The van der Waals surface area contributed by atoms with Gasteiger partial charge in [-0.25, -0.2) is 0 Å². The molecule has 2 heteroatoms. The predicted octanol–water partition coefficient (Wildman–Crippen LogP) is 5.14. The van der Waals surface area contributed by atoms with Crippen LogP contribution in [0.3, 0.4) is 0 Å². The van der Waals surface area contributed by atoms with Gasteiger partial charge in [0.1, 0.15) is 0 Å². The van der Waals surface area contributed by atoms with Crippen LogP contribution in [0.5, 0.6) is 0 Å². The van der Waals surface area contributed by atoms with Crippen LogP contribution in [0.25, 0.3) is 0 Å². The number of hydrogen-bond donors (Lipinski definition) is 0. The van der Waals surface area contributed by atoms with E-state index in [1.165, 1.54) is 44.9 Å². The van der Waals surface area contributed by atoms with E-state index in [0.717, 1.165) is 13.0 Å². The van der Waals surface area contributed by atoms with Crippen molar-refractivity contribution in [3.8, 4) is 0 Å². The van der Waals surface area contributed by atoms with E-state index < -0.39 is 0 Å². The molecule has 0 aromatic rings. The highest BCUT2D eigenvalue weighted by molar-refractivity contribution is 5.39. The molecule has 0 amide bonds. The van der Waals surface area contributed by atoms with Crippen LogP contribution in [-0.4, -0.2) is 29.2 Å². The highest BCUT2D eigenvalue weighted by atomic mass is 16.5. The molecule has 5 rings (SSSR count). The normalized spacial score (nSPS) is 42.3. The van der Waals surface area contributed by atoms with Crippen molar-refractivity contribution in [1.82, 2.24) is 4.90 Å². The van der Waals surface area contributed by atoms with Crippen molar-refractivity contribution in [3.63, 3.8) is 0 Å². The molecule has 0 aromatic carbocycles. The SMILES string of the molecule is C=CC1CC2(CC)CN3C=CC4=C(CCCC4)C3C2/C=C\C2(CC2)O1. The summed E-state index contributed by atoms with van der Waals surface area (Å²) in [7, 11) is 0. The van der Waals surface area contributed by atoms with Crippen molar-refractivity contribution in [2.75, 3.05) is 6.54 Å². The van der Waals surface area contributed by atoms with Gasteiger partial charge in [-0.05, 0) is 80.2 Å². The van der Waals surface area contributed by atoms with Crippen LogP contribution in [0.1, 0.15) is 58.3 Å². The zero-order chi connectivity index (χ0) is 17.1. The van der Waals surface area contributed by atoms with Crippen molar-refractivity contribution in [2.24, 2.45) is 11.3 Å². The summed E-state index contributed by atoms with van der Waals surface area (Å²) in [5.74, 6) is 0.620. The lowest BCUT2D eigenvalue weighted by atomic mass is 9.67. The van der Waals surface area contributed by atoms with Crippen molar-refractivity contribution in [2.45, 2.75) is 76.0 Å². The summed E-state index contributed by atoms with van der Waals surface area (Å²) in [6.07, 6.45) is 22.1. The molecule has 2 nitrogen and oxygen atoms in total. The summed E-state index contributed by atoms with van der Waals surface area (Å²) >= 11 is 0. The largest absolute Gasteiger partial charge is 0.370 e. The lowest BCUT2D eigenvalue weighted by molar-refractivity contribution is -0.0139. The fourth-order valence-electron chi connectivity index (χ4n) is 5.94. The lowest BCUT2D eigenvalue weighted by Crippen LogP contribution is -2.39. The number of allylic oxidation sites excluding steroid dienone is 2. The minimum Gasteiger partial charge on any atom is -0.370 e. The molecule has 0 aromatic heterocycles. The Bertz CT molecular complexity index is 668. The van der Waals surface area contributed by atoms with Gasteiger partial charge in [-0.15, -0.1) is 6.58 Å². The quantitative estimate of drug-likeness (QED) is 0.647. The van der Waals surface area contributed by atoms with Crippen LogP contribution < -0.4 is 0 Å². The third kappa shape index (κ3) is 2.40. The van der Waals surface area contributed by atoms with E-state index in [9.17, 15) is 0 Å². The van der Waals surface area contributed by atoms with Gasteiger partial charge in [0.25, 0.3) is 0 Å². The highest BCUT2D eigenvalue weighted by Crippen LogP contribution is 2.55. The van der Waals surface area contributed by atoms with E-state index in [4.69, 9.17) is 4.74 Å². The molecule has 4 atom stereocenters. The fraction of sp³-hybridized carbons (Fsp3) is 0.652. The Kier molecular flexibility index (Phi) is 3.57. The summed E-state index contributed by atoms with van der Waals surface area (Å²) in [6, 6.07) is 0.593. The first-order valence-corrected chi connectivity index (χ1v) is 10.3. The Labute approximate surface area is 152 Å². The molecule has 4 unspecified atom stereocenters. The Hall–Kier alpha value is -1.28. The molecular weight excluding hydrogens is 306 g/mol. The summed E-state index contributed by atoms with van der Waals surface area (Å²) in [5, 5.41) is 0. The van der Waals surface area contributed by atoms with E-state index in [0.29, 0.717) is 17.4 Å². The topological polar surface area (TPSA) is 12.5 Å². The van der Waals surface area contributed by atoms with Crippen LogP contribution in [0.15, 0.2) is 48.2 Å². The summed E-state index contributed by atoms with van der Waals surface area (Å²) in [5.41, 5.74) is 3.73. The molecular formula is C23H31NO. The van der Waals surface area contributed by atoms with Gasteiger partial charge in [-0.3, -0.25) is 0 Å². The second-order valence-corrected chi connectivity index (χ2v) is 8.95. The molecule has 1 spiro atoms. The van der Waals surface area contributed by atoms with Crippen LogP contribution in [0.4, 0.5) is 0 Å². The van der Waals surface area contributed by atoms with Crippen LogP contribution in [0.2, 0.25) is 0 Å². The smallest absolute Gasteiger partial charge is 0.0873 e. The van der Waals surface area contributed by atoms with E-state index >= 15 is 0 Å². The molecule has 0 N–H and O–H groups in total. The molecule has 3 heterocycles. The molecule has 1 saturated heterocycles. The minimum atomic E-state index is 0.0282. The van der Waals surface area contributed by atoms with E-state index in [1.807, 2.05) is 0 Å². The van der Waals surface area contributed by atoms with Gasteiger partial charge in [-0.2, -0.15) is 0 Å². The predicted molar refractivity (Wildman–Crippen MR) is 102 cm³/mol. The molecule has 1 saturated carbocycles. The van der Waals surface area contributed by atoms with Gasteiger partial charge in [0.05, 0.1) is 17.7 Å². The highest BCUT2D eigenvalue weighted by Gasteiger charge is 2.55. The molecule has 0 bridgehead atoms. The summed E-state index contributed by atoms with van der Waals surface area (Å²) in [6.45, 7) is 7.65. The lowest BCUT2D eigenvalue weighted by Gasteiger charge is -2.40. The average Bonchev–Trinajstić information content (AvgIpc) is 3.33. The standard InChI is InChI=1S/C23H31NO/c1-3-18-15-22(4-2)16-24-14-10-17-7-5-6-8-19(17)21(24)20(22)9-11-23(25-18)12-13-23/h3,9-11,14,18,20-21H,1,4-8,12-13,15-16H2,2H3/b11-9-. The van der Waals surface area contributed by atoms with Gasteiger partial charge in [-0.1, -0.05) is 25.2 Å². The number of nitrogens with zero attached hydrogens (tertiary/aromatic N) is 1. The van der Waals surface area contributed by atoms with E-state index in [1.54, 1.807) is 11.1 Å². The first kappa shape index (κ1) is 15.9. The van der Waals surface area contributed by atoms with Gasteiger partial charge >= 0.3 is 0 Å². The van der Waals surface area contributed by atoms with Gasteiger partial charge in [0.2, 0.25) is 0 Å². The molecule has 5 aliphatic rings. The zero-order valence-corrected chi connectivity index (χ0v) is 15.5. The summed E-state index contributed by atoms with van der Waals surface area (Å²) in [4.78, 5) is 2.66. The first-order valence-electron chi connectivity index (χ1n) is 10.3. The number of ether oxygens (including phenoxy) is 1. The first-order chi connectivity index (χ1) is 12.2. The second kappa shape index (κ2) is 5.61. The number of rotatable bonds is 2. The van der Waals surface area contributed by atoms with Crippen molar-refractivity contribution >= 4 is 0 Å². The van der Waals surface area contributed by atoms with Gasteiger partial charge in [0.15, 0.2) is 0 Å². The molecule has 0 radical (unpaired) electrons. The fourth-order valence-corrected chi connectivity index (χ4v) is 5.94. The van der Waals surface area contributed by atoms with E-state index in [-0.39, 0.29) is 11.7 Å². The third-order valence-electron chi connectivity index (χ3n) is 7.59. The van der Waals surface area contributed by atoms with Gasteiger partial charge < -0.3 is 9.64 Å². The monoisotopic (exact) mass is 337 g/mol. The molecule has 25 heavy (non-hydrogen) atoms. The number of hydrogen-bond acceptors (Lipinski definition) is 2. The van der Waals surface area contributed by atoms with Gasteiger partial charge in [0, 0.05) is 12.5 Å². The molecule has 2 aliphatic carbocycles. The van der Waals surface area contributed by atoms with Crippen LogP contribution in [0, 0.1) is 11.3 Å². The maximum atomic E-state index is 6.48. The summed E-state index contributed by atoms with van der Waals surface area (Å²) < 4.78 is 6.48. The van der Waals surface area contributed by atoms with Crippen molar-refractivity contribution in [1.29, 1.82) is 0 Å². The Morgan fingerprint density at radius 2 is 2.16 bits per heavy atom. The molecule has 134 valence electrons. The maximum absolute atomic E-state index is 6.48. The zero-order valence-electron chi connectivity index (χ0n) is 15.5. The van der Waals surface area contributed by atoms with Crippen molar-refractivity contribution < 1.29 is 4.74 Å². The molecule has 3 aliphatic heterocycles. The number of fused-ring (bicyclic) bond motifs is 4. The Morgan fingerprint density at radius 3 is 2.92 bits per heavy atom. The Balaban J connectivity index is 1.58. The van der Waals surface area contributed by atoms with Crippen LogP contribution in [-0.2, 0) is 4.74 Å². The second-order valence-electron chi connectivity index (χ2n) is 8.95.